The van der Waals surface area contributed by atoms with E-state index in [4.69, 9.17) is 0 Å². The highest BCUT2D eigenvalue weighted by molar-refractivity contribution is 6.00. The van der Waals surface area contributed by atoms with Crippen molar-refractivity contribution in [2.45, 2.75) is 27.7 Å². The molecule has 0 aromatic heterocycles. The summed E-state index contributed by atoms with van der Waals surface area (Å²) in [5.74, 6) is -4.22. The molecule has 0 aliphatic heterocycles. The van der Waals surface area contributed by atoms with E-state index in [1.165, 1.54) is 24.3 Å². The van der Waals surface area contributed by atoms with Crippen LogP contribution in [-0.2, 0) is 0 Å². The summed E-state index contributed by atoms with van der Waals surface area (Å²) in [7, 11) is 0. The maximum atomic E-state index is 11.7. The molecule has 4 N–H and O–H groups in total. The van der Waals surface area contributed by atoms with Crippen molar-refractivity contribution in [3.63, 3.8) is 0 Å². The van der Waals surface area contributed by atoms with Gasteiger partial charge in [-0.25, -0.2) is 19.2 Å². The number of rotatable bonds is 8. The molecule has 0 spiro atoms. The lowest BCUT2D eigenvalue weighted by molar-refractivity contribution is 0.0686. The molecule has 46 heavy (non-hydrogen) atoms. The van der Waals surface area contributed by atoms with Gasteiger partial charge in [0, 0.05) is 0 Å². The van der Waals surface area contributed by atoms with Crippen molar-refractivity contribution in [1.29, 1.82) is 0 Å². The molecule has 0 amide bonds. The van der Waals surface area contributed by atoms with Crippen LogP contribution in [0, 0.1) is 27.7 Å². The summed E-state index contributed by atoms with van der Waals surface area (Å²) >= 11 is 0. The number of carboxylic acid groups (broad SMARTS) is 4. The largest absolute Gasteiger partial charge is 0.478 e. The summed E-state index contributed by atoms with van der Waals surface area (Å²) in [4.78, 5) is 47.0. The summed E-state index contributed by atoms with van der Waals surface area (Å²) in [6, 6.07) is 23.4. The van der Waals surface area contributed by atoms with Crippen LogP contribution in [0.25, 0.3) is 44.5 Å². The first-order valence-electron chi connectivity index (χ1n) is 14.3. The van der Waals surface area contributed by atoms with Crippen LogP contribution in [0.15, 0.2) is 84.9 Å². The van der Waals surface area contributed by atoms with Crippen molar-refractivity contribution < 1.29 is 39.6 Å². The summed E-state index contributed by atoms with van der Waals surface area (Å²) < 4.78 is 0. The Morgan fingerprint density at radius 3 is 0.674 bits per heavy atom. The minimum absolute atomic E-state index is 0.135. The smallest absolute Gasteiger partial charge is 0.335 e. The Morgan fingerprint density at radius 1 is 0.326 bits per heavy atom. The molecule has 230 valence electrons. The lowest BCUT2D eigenvalue weighted by Crippen LogP contribution is -2.02. The van der Waals surface area contributed by atoms with Gasteiger partial charge >= 0.3 is 23.9 Å². The molecule has 0 saturated carbocycles. The van der Waals surface area contributed by atoms with Crippen LogP contribution in [-0.4, -0.2) is 44.3 Å². The van der Waals surface area contributed by atoms with Crippen molar-refractivity contribution in [2.75, 3.05) is 0 Å². The Labute approximate surface area is 264 Å². The number of carbonyl (C=O) groups is 4. The van der Waals surface area contributed by atoms with Gasteiger partial charge in [-0.1, -0.05) is 24.3 Å². The van der Waals surface area contributed by atoms with Gasteiger partial charge in [-0.3, -0.25) is 0 Å². The molecular formula is C38H30O8. The van der Waals surface area contributed by atoms with Gasteiger partial charge in [0.15, 0.2) is 0 Å². The van der Waals surface area contributed by atoms with Gasteiger partial charge in [0.2, 0.25) is 0 Å². The van der Waals surface area contributed by atoms with Crippen molar-refractivity contribution in [3.05, 3.63) is 129 Å². The zero-order valence-corrected chi connectivity index (χ0v) is 25.5. The second-order valence-electron chi connectivity index (χ2n) is 11.3. The predicted molar refractivity (Wildman–Crippen MR) is 175 cm³/mol. The second kappa shape index (κ2) is 12.2. The maximum absolute atomic E-state index is 11.7. The SMILES string of the molecule is Cc1cc(C(=O)O)ccc1-c1cc(-c2ccc(C(=O)O)cc2C)c(-c2ccc(C(=O)O)cc2C)cc1-c1ccc(C(=O)O)cc1C. The topological polar surface area (TPSA) is 149 Å². The average molecular weight is 615 g/mol. The first-order chi connectivity index (χ1) is 21.8. The zero-order chi connectivity index (χ0) is 33.4. The third-order valence-electron chi connectivity index (χ3n) is 8.21. The second-order valence-corrected chi connectivity index (χ2v) is 11.3. The molecule has 0 heterocycles. The third-order valence-corrected chi connectivity index (χ3v) is 8.21. The van der Waals surface area contributed by atoms with Crippen LogP contribution >= 0.6 is 0 Å². The molecule has 0 aliphatic rings. The monoisotopic (exact) mass is 614 g/mol. The fourth-order valence-corrected chi connectivity index (χ4v) is 5.89. The Bertz CT molecular complexity index is 1810. The number of aryl methyl sites for hydroxylation is 4. The molecule has 8 heteroatoms. The van der Waals surface area contributed by atoms with Crippen molar-refractivity contribution in [2.24, 2.45) is 0 Å². The molecule has 0 fully saturated rings. The lowest BCUT2D eigenvalue weighted by atomic mass is 9.81. The van der Waals surface area contributed by atoms with Gasteiger partial charge in [-0.05, 0) is 155 Å². The highest BCUT2D eigenvalue weighted by atomic mass is 16.4. The summed E-state index contributed by atoms with van der Waals surface area (Å²) in [5, 5.41) is 38.4. The molecule has 0 saturated heterocycles. The van der Waals surface area contributed by atoms with Crippen molar-refractivity contribution >= 4 is 23.9 Å². The van der Waals surface area contributed by atoms with E-state index >= 15 is 0 Å². The van der Waals surface area contributed by atoms with Crippen LogP contribution in [0.1, 0.15) is 63.7 Å². The van der Waals surface area contributed by atoms with Crippen molar-refractivity contribution in [3.8, 4) is 44.5 Å². The van der Waals surface area contributed by atoms with E-state index in [9.17, 15) is 39.6 Å². The number of benzene rings is 5. The highest BCUT2D eigenvalue weighted by Gasteiger charge is 2.22. The molecule has 5 aromatic carbocycles. The van der Waals surface area contributed by atoms with E-state index in [2.05, 4.69) is 0 Å². The summed E-state index contributed by atoms with van der Waals surface area (Å²) in [6.45, 7) is 7.28. The van der Waals surface area contributed by atoms with Crippen LogP contribution in [0.3, 0.4) is 0 Å². The first-order valence-corrected chi connectivity index (χ1v) is 14.3. The van der Waals surface area contributed by atoms with Crippen LogP contribution in [0.5, 0.6) is 0 Å². The molecular weight excluding hydrogens is 584 g/mol. The lowest BCUT2D eigenvalue weighted by Gasteiger charge is -2.22. The highest BCUT2D eigenvalue weighted by Crippen LogP contribution is 2.45. The average Bonchev–Trinajstić information content (AvgIpc) is 3.00. The van der Waals surface area contributed by atoms with Crippen molar-refractivity contribution in [1.82, 2.24) is 0 Å². The van der Waals surface area contributed by atoms with Crippen LogP contribution < -0.4 is 0 Å². The van der Waals surface area contributed by atoms with E-state index in [0.717, 1.165) is 44.5 Å². The van der Waals surface area contributed by atoms with Gasteiger partial charge in [-0.15, -0.1) is 0 Å². The number of hydrogen-bond donors (Lipinski definition) is 4. The van der Waals surface area contributed by atoms with Gasteiger partial charge < -0.3 is 20.4 Å². The fourth-order valence-electron chi connectivity index (χ4n) is 5.89. The normalized spacial score (nSPS) is 10.9. The number of carboxylic acids is 4. The standard InChI is InChI=1S/C38H30O8/c1-19-13-23(35(39)40)5-9-27(19)31-17-33(29-11-7-25(37(43)44)15-21(29)3)34(30-12-8-26(38(45)46)16-22(30)4)18-32(31)28-10-6-24(36(41)42)14-20(28)2/h5-18H,1-4H3,(H,39,40)(H,41,42)(H,43,44)(H,45,46). The number of aromatic carboxylic acids is 4. The van der Waals surface area contributed by atoms with Gasteiger partial charge in [0.1, 0.15) is 0 Å². The summed E-state index contributed by atoms with van der Waals surface area (Å²) in [6.07, 6.45) is 0. The van der Waals surface area contributed by atoms with Crippen LogP contribution in [0.4, 0.5) is 0 Å². The Balaban J connectivity index is 1.92. The number of hydrogen-bond acceptors (Lipinski definition) is 4. The molecule has 5 rings (SSSR count). The van der Waals surface area contributed by atoms with E-state index in [1.54, 1.807) is 48.5 Å². The first kappa shape index (κ1) is 31.4. The molecule has 0 bridgehead atoms. The third kappa shape index (κ3) is 5.88. The van der Waals surface area contributed by atoms with Gasteiger partial charge in [-0.2, -0.15) is 0 Å². The summed E-state index contributed by atoms with van der Waals surface area (Å²) in [5.41, 5.74) is 9.40. The van der Waals surface area contributed by atoms with E-state index in [1.807, 2.05) is 39.8 Å². The predicted octanol–water partition coefficient (Wildman–Crippen LogP) is 8.38. The molecule has 0 aliphatic carbocycles. The molecule has 8 nitrogen and oxygen atoms in total. The molecule has 0 atom stereocenters. The molecule has 0 unspecified atom stereocenters. The fraction of sp³-hybridized carbons (Fsp3) is 0.105. The Hall–Kier alpha value is -6.02. The quantitative estimate of drug-likeness (QED) is 0.136. The Kier molecular flexibility index (Phi) is 8.31. The maximum Gasteiger partial charge on any atom is 0.335 e. The minimum Gasteiger partial charge on any atom is -0.478 e. The van der Waals surface area contributed by atoms with Gasteiger partial charge in [0.05, 0.1) is 22.3 Å². The zero-order valence-electron chi connectivity index (χ0n) is 25.5. The molecule has 5 aromatic rings. The van der Waals surface area contributed by atoms with E-state index in [-0.39, 0.29) is 22.3 Å². The van der Waals surface area contributed by atoms with Crippen LogP contribution in [0.2, 0.25) is 0 Å². The van der Waals surface area contributed by atoms with Gasteiger partial charge in [0.25, 0.3) is 0 Å². The van der Waals surface area contributed by atoms with E-state index < -0.39 is 23.9 Å². The Morgan fingerprint density at radius 2 is 0.522 bits per heavy atom. The molecule has 0 radical (unpaired) electrons. The van der Waals surface area contributed by atoms with E-state index in [0.29, 0.717) is 22.3 Å². The minimum atomic E-state index is -1.06.